The fourth-order valence-electron chi connectivity index (χ4n) is 3.74. The number of anilines is 1. The molecule has 1 aromatic heterocycles. The smallest absolute Gasteiger partial charge is 0.239 e. The third kappa shape index (κ3) is 2.15. The zero-order valence-electron chi connectivity index (χ0n) is 12.7. The summed E-state index contributed by atoms with van der Waals surface area (Å²) in [5, 5.41) is 0.231. The summed E-state index contributed by atoms with van der Waals surface area (Å²) in [6.45, 7) is 4.33. The van der Waals surface area contributed by atoms with Crippen LogP contribution in [0.15, 0.2) is 6.20 Å². The van der Waals surface area contributed by atoms with Crippen molar-refractivity contribution >= 4 is 23.3 Å². The van der Waals surface area contributed by atoms with E-state index in [4.69, 9.17) is 11.6 Å². The number of hydrogen-bond acceptors (Lipinski definition) is 3. The van der Waals surface area contributed by atoms with E-state index in [1.165, 1.54) is 0 Å². The van der Waals surface area contributed by atoms with Crippen LogP contribution in [0.3, 0.4) is 0 Å². The highest BCUT2D eigenvalue weighted by atomic mass is 35.5. The van der Waals surface area contributed by atoms with E-state index in [9.17, 15) is 4.79 Å². The lowest BCUT2D eigenvalue weighted by Crippen LogP contribution is -2.48. The second kappa shape index (κ2) is 5.56. The van der Waals surface area contributed by atoms with Crippen LogP contribution in [0.25, 0.3) is 0 Å². The first-order chi connectivity index (χ1) is 10.1. The molecule has 3 rings (SSSR count). The molecule has 0 unspecified atom stereocenters. The minimum atomic E-state index is -0.348. The largest absolute Gasteiger partial charge is 0.293 e. The molecule has 114 valence electrons. The van der Waals surface area contributed by atoms with Gasteiger partial charge in [-0.2, -0.15) is 4.98 Å². The van der Waals surface area contributed by atoms with E-state index in [1.807, 2.05) is 4.90 Å². The highest BCUT2D eigenvalue weighted by molar-refractivity contribution is 6.28. The van der Waals surface area contributed by atoms with Crippen LogP contribution in [0.5, 0.6) is 0 Å². The van der Waals surface area contributed by atoms with Gasteiger partial charge in [0.05, 0.1) is 5.41 Å². The van der Waals surface area contributed by atoms with Crippen molar-refractivity contribution in [2.75, 3.05) is 4.90 Å². The lowest BCUT2D eigenvalue weighted by atomic mass is 9.66. The van der Waals surface area contributed by atoms with E-state index in [1.54, 1.807) is 6.20 Å². The lowest BCUT2D eigenvalue weighted by Gasteiger charge is -2.37. The minimum absolute atomic E-state index is 0.229. The van der Waals surface area contributed by atoms with E-state index in [0.717, 1.165) is 56.3 Å². The number of nitrogens with zero attached hydrogens (tertiary/aromatic N) is 3. The Balaban J connectivity index is 2.05. The van der Waals surface area contributed by atoms with Gasteiger partial charge in [-0.05, 0) is 37.3 Å². The summed E-state index contributed by atoms with van der Waals surface area (Å²) >= 11 is 5.99. The van der Waals surface area contributed by atoms with Crippen LogP contribution in [0.2, 0.25) is 5.28 Å². The second-order valence-electron chi connectivity index (χ2n) is 6.22. The molecule has 2 heterocycles. The van der Waals surface area contributed by atoms with E-state index >= 15 is 0 Å². The van der Waals surface area contributed by atoms with Gasteiger partial charge in [-0.1, -0.05) is 33.1 Å². The Morgan fingerprint density at radius 2 is 2.00 bits per heavy atom. The Morgan fingerprint density at radius 3 is 2.52 bits per heavy atom. The topological polar surface area (TPSA) is 46.1 Å². The second-order valence-corrected chi connectivity index (χ2v) is 6.56. The summed E-state index contributed by atoms with van der Waals surface area (Å²) in [6.07, 6.45) is 8.87. The first-order valence-corrected chi connectivity index (χ1v) is 8.38. The predicted molar refractivity (Wildman–Crippen MR) is 83.7 cm³/mol. The molecular formula is C16H22ClN3O. The zero-order valence-corrected chi connectivity index (χ0v) is 13.5. The molecule has 0 saturated heterocycles. The summed E-state index contributed by atoms with van der Waals surface area (Å²) < 4.78 is 0. The van der Waals surface area contributed by atoms with Crippen LogP contribution < -0.4 is 4.90 Å². The highest BCUT2D eigenvalue weighted by Crippen LogP contribution is 2.53. The zero-order chi connectivity index (χ0) is 15.0. The number of amides is 1. The standard InChI is InChI=1S/C16H22ClN3O/c1-3-6-11(7-4-2)20-13-12(10-18-15(17)19-13)16(14(20)21)8-5-9-16/h10-11H,3-9H2,1-2H3. The molecule has 1 amide bonds. The third-order valence-corrected chi connectivity index (χ3v) is 5.11. The average Bonchev–Trinajstić information content (AvgIpc) is 2.66. The number of aromatic nitrogens is 2. The van der Waals surface area contributed by atoms with Crippen LogP contribution in [-0.2, 0) is 10.2 Å². The van der Waals surface area contributed by atoms with Crippen molar-refractivity contribution in [3.8, 4) is 0 Å². The summed E-state index contributed by atoms with van der Waals surface area (Å²) in [5.41, 5.74) is 0.653. The van der Waals surface area contributed by atoms with Gasteiger partial charge in [-0.15, -0.1) is 0 Å². The van der Waals surface area contributed by atoms with Crippen LogP contribution in [0.1, 0.15) is 64.4 Å². The number of halogens is 1. The molecule has 4 nitrogen and oxygen atoms in total. The molecule has 2 aliphatic rings. The fraction of sp³-hybridized carbons (Fsp3) is 0.688. The summed E-state index contributed by atoms with van der Waals surface area (Å²) in [4.78, 5) is 23.6. The van der Waals surface area contributed by atoms with Gasteiger partial charge in [0.15, 0.2) is 0 Å². The van der Waals surface area contributed by atoms with Crippen LogP contribution in [0.4, 0.5) is 5.82 Å². The van der Waals surface area contributed by atoms with Gasteiger partial charge >= 0.3 is 0 Å². The number of carbonyl (C=O) groups is 1. The molecule has 1 aromatic rings. The quantitative estimate of drug-likeness (QED) is 0.776. The molecule has 21 heavy (non-hydrogen) atoms. The van der Waals surface area contributed by atoms with E-state index in [-0.39, 0.29) is 22.6 Å². The normalized spacial score (nSPS) is 19.2. The van der Waals surface area contributed by atoms with Gasteiger partial charge in [0.2, 0.25) is 11.2 Å². The molecular weight excluding hydrogens is 286 g/mol. The molecule has 0 atom stereocenters. The Labute approximate surface area is 130 Å². The molecule has 1 fully saturated rings. The molecule has 0 aromatic carbocycles. The van der Waals surface area contributed by atoms with E-state index in [2.05, 4.69) is 23.8 Å². The van der Waals surface area contributed by atoms with Gasteiger partial charge in [0.25, 0.3) is 0 Å². The van der Waals surface area contributed by atoms with Gasteiger partial charge in [0, 0.05) is 17.8 Å². The lowest BCUT2D eigenvalue weighted by molar-refractivity contribution is -0.126. The van der Waals surface area contributed by atoms with Gasteiger partial charge in [-0.25, -0.2) is 4.98 Å². The number of fused-ring (bicyclic) bond motifs is 2. The molecule has 1 aliphatic heterocycles. The SMILES string of the molecule is CCCC(CCC)N1C(=O)C2(CCC2)c2cnc(Cl)nc21. The van der Waals surface area contributed by atoms with Crippen molar-refractivity contribution in [3.63, 3.8) is 0 Å². The maximum atomic E-state index is 13.1. The first-order valence-electron chi connectivity index (χ1n) is 8.00. The Hall–Kier alpha value is -1.16. The van der Waals surface area contributed by atoms with Crippen molar-refractivity contribution in [1.82, 2.24) is 9.97 Å². The average molecular weight is 308 g/mol. The monoisotopic (exact) mass is 307 g/mol. The molecule has 1 spiro atoms. The maximum absolute atomic E-state index is 13.1. The van der Waals surface area contributed by atoms with Crippen LogP contribution >= 0.6 is 11.6 Å². The number of hydrogen-bond donors (Lipinski definition) is 0. The Morgan fingerprint density at radius 1 is 1.33 bits per heavy atom. The summed E-state index contributed by atoms with van der Waals surface area (Å²) in [7, 11) is 0. The summed E-state index contributed by atoms with van der Waals surface area (Å²) in [5.74, 6) is 0.999. The molecule has 5 heteroatoms. The first kappa shape index (κ1) is 14.8. The van der Waals surface area contributed by atoms with Crippen molar-refractivity contribution in [1.29, 1.82) is 0 Å². The van der Waals surface area contributed by atoms with Gasteiger partial charge in [-0.3, -0.25) is 9.69 Å². The summed E-state index contributed by atoms with van der Waals surface area (Å²) in [6, 6.07) is 0.234. The molecule has 0 N–H and O–H groups in total. The molecule has 1 aliphatic carbocycles. The predicted octanol–water partition coefficient (Wildman–Crippen LogP) is 3.87. The molecule has 1 saturated carbocycles. The Kier molecular flexibility index (Phi) is 3.91. The van der Waals surface area contributed by atoms with E-state index in [0.29, 0.717) is 0 Å². The third-order valence-electron chi connectivity index (χ3n) is 4.93. The van der Waals surface area contributed by atoms with E-state index < -0.39 is 0 Å². The number of rotatable bonds is 5. The van der Waals surface area contributed by atoms with Crippen LogP contribution in [-0.4, -0.2) is 21.9 Å². The highest BCUT2D eigenvalue weighted by Gasteiger charge is 2.56. The fourth-order valence-corrected chi connectivity index (χ4v) is 3.87. The van der Waals surface area contributed by atoms with Gasteiger partial charge in [0.1, 0.15) is 5.82 Å². The maximum Gasteiger partial charge on any atom is 0.239 e. The van der Waals surface area contributed by atoms with Crippen molar-refractivity contribution in [3.05, 3.63) is 17.0 Å². The van der Waals surface area contributed by atoms with Gasteiger partial charge < -0.3 is 0 Å². The molecule has 0 bridgehead atoms. The minimum Gasteiger partial charge on any atom is -0.293 e. The molecule has 0 radical (unpaired) electrons. The number of carbonyl (C=O) groups excluding carboxylic acids is 1. The van der Waals surface area contributed by atoms with Crippen molar-refractivity contribution in [2.45, 2.75) is 70.3 Å². The Bertz CT molecular complexity index is 550. The van der Waals surface area contributed by atoms with Crippen molar-refractivity contribution in [2.24, 2.45) is 0 Å². The van der Waals surface area contributed by atoms with Crippen LogP contribution in [0, 0.1) is 0 Å². The van der Waals surface area contributed by atoms with Crippen molar-refractivity contribution < 1.29 is 4.79 Å².